The van der Waals surface area contributed by atoms with Gasteiger partial charge in [0.2, 0.25) is 0 Å². The molecule has 1 amide bonds. The Morgan fingerprint density at radius 3 is 2.70 bits per heavy atom. The van der Waals surface area contributed by atoms with Gasteiger partial charge in [-0.1, -0.05) is 0 Å². The summed E-state index contributed by atoms with van der Waals surface area (Å²) >= 11 is 0. The fourth-order valence-electron chi connectivity index (χ4n) is 2.33. The summed E-state index contributed by atoms with van der Waals surface area (Å²) in [6.07, 6.45) is 2.18. The fraction of sp³-hybridized carbons (Fsp3) is 0.467. The van der Waals surface area contributed by atoms with E-state index in [1.807, 2.05) is 24.6 Å². The minimum atomic E-state index is -0.920. The Bertz CT molecular complexity index is 689. The molecule has 2 rings (SSSR count). The van der Waals surface area contributed by atoms with Gasteiger partial charge in [-0.05, 0) is 32.4 Å². The molecule has 8 nitrogen and oxygen atoms in total. The normalized spacial score (nSPS) is 10.7. The molecule has 0 radical (unpaired) electrons. The highest BCUT2D eigenvalue weighted by molar-refractivity contribution is 5.92. The van der Waals surface area contributed by atoms with Crippen LogP contribution in [0.2, 0.25) is 0 Å². The average molecular weight is 319 g/mol. The zero-order chi connectivity index (χ0) is 16.8. The van der Waals surface area contributed by atoms with Gasteiger partial charge in [0.1, 0.15) is 5.69 Å². The molecule has 2 heterocycles. The summed E-state index contributed by atoms with van der Waals surface area (Å²) in [5.74, 6) is -1.17. The number of carbonyl (C=O) groups is 2. The van der Waals surface area contributed by atoms with Crippen molar-refractivity contribution in [3.8, 4) is 0 Å². The lowest BCUT2D eigenvalue weighted by Crippen LogP contribution is -2.28. The molecule has 2 N–H and O–H groups in total. The molecule has 0 bridgehead atoms. The van der Waals surface area contributed by atoms with Crippen molar-refractivity contribution in [3.05, 3.63) is 35.4 Å². The first kappa shape index (κ1) is 16.7. The number of carbonyl (C=O) groups excluding carboxylic acids is 1. The van der Waals surface area contributed by atoms with E-state index in [-0.39, 0.29) is 18.9 Å². The average Bonchev–Trinajstić information content (AvgIpc) is 3.07. The minimum absolute atomic E-state index is 0.0696. The highest BCUT2D eigenvalue weighted by atomic mass is 16.4. The van der Waals surface area contributed by atoms with Crippen LogP contribution in [0.4, 0.5) is 0 Å². The van der Waals surface area contributed by atoms with Crippen LogP contribution >= 0.6 is 0 Å². The number of aliphatic carboxylic acids is 1. The zero-order valence-electron chi connectivity index (χ0n) is 13.3. The highest BCUT2D eigenvalue weighted by Gasteiger charge is 2.12. The highest BCUT2D eigenvalue weighted by Crippen LogP contribution is 2.03. The van der Waals surface area contributed by atoms with Crippen LogP contribution in [0.15, 0.2) is 18.3 Å². The summed E-state index contributed by atoms with van der Waals surface area (Å²) in [7, 11) is 0. The third-order valence-electron chi connectivity index (χ3n) is 3.42. The predicted molar refractivity (Wildman–Crippen MR) is 83.1 cm³/mol. The molecule has 0 atom stereocenters. The van der Waals surface area contributed by atoms with Crippen molar-refractivity contribution in [2.24, 2.45) is 0 Å². The summed E-state index contributed by atoms with van der Waals surface area (Å²) in [6.45, 7) is 5.37. The van der Waals surface area contributed by atoms with E-state index in [2.05, 4.69) is 15.5 Å². The molecule has 0 spiro atoms. The Labute approximate surface area is 134 Å². The van der Waals surface area contributed by atoms with Gasteiger partial charge in [-0.15, -0.1) is 0 Å². The van der Waals surface area contributed by atoms with E-state index in [1.165, 1.54) is 10.9 Å². The van der Waals surface area contributed by atoms with Crippen molar-refractivity contribution in [2.45, 2.75) is 39.8 Å². The molecule has 0 saturated heterocycles. The summed E-state index contributed by atoms with van der Waals surface area (Å²) in [4.78, 5) is 22.7. The maximum Gasteiger partial charge on any atom is 0.305 e. The number of aromatic nitrogens is 4. The number of aryl methyl sites for hydroxylation is 4. The third-order valence-corrected chi connectivity index (χ3v) is 3.42. The van der Waals surface area contributed by atoms with Gasteiger partial charge in [0, 0.05) is 25.0 Å². The summed E-state index contributed by atoms with van der Waals surface area (Å²) < 4.78 is 3.32. The molecule has 2 aromatic heterocycles. The third kappa shape index (κ3) is 4.67. The van der Waals surface area contributed by atoms with E-state index in [1.54, 1.807) is 6.07 Å². The monoisotopic (exact) mass is 319 g/mol. The topological polar surface area (TPSA) is 102 Å². The lowest BCUT2D eigenvalue weighted by atomic mass is 10.3. The number of hydrogen-bond acceptors (Lipinski definition) is 4. The van der Waals surface area contributed by atoms with E-state index in [4.69, 9.17) is 5.11 Å². The van der Waals surface area contributed by atoms with Gasteiger partial charge in [0.05, 0.1) is 18.7 Å². The molecule has 0 aliphatic carbocycles. The lowest BCUT2D eigenvalue weighted by Gasteiger charge is -2.08. The number of nitrogens with one attached hydrogen (secondary N) is 1. The molecule has 23 heavy (non-hydrogen) atoms. The lowest BCUT2D eigenvalue weighted by molar-refractivity contribution is -0.137. The van der Waals surface area contributed by atoms with Crippen molar-refractivity contribution < 1.29 is 14.7 Å². The molecule has 0 aromatic carbocycles. The van der Waals surface area contributed by atoms with E-state index in [0.29, 0.717) is 12.2 Å². The predicted octanol–water partition coefficient (Wildman–Crippen LogP) is 0.991. The van der Waals surface area contributed by atoms with Crippen LogP contribution in [0.1, 0.15) is 34.7 Å². The van der Waals surface area contributed by atoms with E-state index >= 15 is 0 Å². The van der Waals surface area contributed by atoms with Crippen LogP contribution in [0.25, 0.3) is 0 Å². The molecule has 2 aromatic rings. The molecule has 124 valence electrons. The van der Waals surface area contributed by atoms with E-state index in [9.17, 15) is 9.59 Å². The first-order valence-electron chi connectivity index (χ1n) is 7.50. The first-order chi connectivity index (χ1) is 11.0. The van der Waals surface area contributed by atoms with Crippen LogP contribution in [0.5, 0.6) is 0 Å². The van der Waals surface area contributed by atoms with Gasteiger partial charge in [0.15, 0.2) is 0 Å². The van der Waals surface area contributed by atoms with E-state index < -0.39 is 5.97 Å². The van der Waals surface area contributed by atoms with Crippen LogP contribution in [0, 0.1) is 13.8 Å². The first-order valence-corrected chi connectivity index (χ1v) is 7.50. The molecule has 0 fully saturated rings. The molecule has 0 aliphatic heterocycles. The van der Waals surface area contributed by atoms with Gasteiger partial charge in [-0.3, -0.25) is 19.0 Å². The number of hydrogen-bond donors (Lipinski definition) is 2. The Balaban J connectivity index is 1.80. The standard InChI is InChI=1S/C15H21N5O3/c1-11-10-12(2)19(18-11)8-3-6-16-15(23)13-4-7-17-20(13)9-5-14(21)22/h4,7,10H,3,5-6,8-9H2,1-2H3,(H,16,23)(H,21,22). The zero-order valence-corrected chi connectivity index (χ0v) is 13.3. The molecular weight excluding hydrogens is 298 g/mol. The largest absolute Gasteiger partial charge is 0.481 e. The second-order valence-electron chi connectivity index (χ2n) is 5.34. The molecule has 0 unspecified atom stereocenters. The second kappa shape index (κ2) is 7.57. The van der Waals surface area contributed by atoms with Crippen molar-refractivity contribution in [2.75, 3.05) is 6.54 Å². The molecule has 0 saturated carbocycles. The second-order valence-corrected chi connectivity index (χ2v) is 5.34. The van der Waals surface area contributed by atoms with E-state index in [0.717, 1.165) is 24.4 Å². The summed E-state index contributed by atoms with van der Waals surface area (Å²) in [5, 5.41) is 19.9. The summed E-state index contributed by atoms with van der Waals surface area (Å²) in [6, 6.07) is 3.60. The van der Waals surface area contributed by atoms with Crippen molar-refractivity contribution in [1.29, 1.82) is 0 Å². The van der Waals surface area contributed by atoms with Crippen LogP contribution < -0.4 is 5.32 Å². The van der Waals surface area contributed by atoms with Gasteiger partial charge >= 0.3 is 5.97 Å². The number of amides is 1. The smallest absolute Gasteiger partial charge is 0.305 e. The SMILES string of the molecule is Cc1cc(C)n(CCCNC(=O)c2ccnn2CCC(=O)O)n1. The van der Waals surface area contributed by atoms with Crippen LogP contribution in [-0.2, 0) is 17.9 Å². The van der Waals surface area contributed by atoms with Crippen LogP contribution in [0.3, 0.4) is 0 Å². The van der Waals surface area contributed by atoms with Crippen molar-refractivity contribution >= 4 is 11.9 Å². The Kier molecular flexibility index (Phi) is 5.51. The quantitative estimate of drug-likeness (QED) is 0.707. The maximum atomic E-state index is 12.1. The molecule has 8 heteroatoms. The molecular formula is C15H21N5O3. The van der Waals surface area contributed by atoms with Crippen LogP contribution in [-0.4, -0.2) is 43.1 Å². The maximum absolute atomic E-state index is 12.1. The number of nitrogens with zero attached hydrogens (tertiary/aromatic N) is 4. The number of rotatable bonds is 8. The Morgan fingerprint density at radius 1 is 1.26 bits per heavy atom. The minimum Gasteiger partial charge on any atom is -0.481 e. The fourth-order valence-corrected chi connectivity index (χ4v) is 2.33. The Morgan fingerprint density at radius 2 is 2.04 bits per heavy atom. The van der Waals surface area contributed by atoms with Crippen molar-refractivity contribution in [3.63, 3.8) is 0 Å². The number of carboxylic acids is 1. The summed E-state index contributed by atoms with van der Waals surface area (Å²) in [5.41, 5.74) is 2.45. The van der Waals surface area contributed by atoms with Gasteiger partial charge in [-0.2, -0.15) is 10.2 Å². The van der Waals surface area contributed by atoms with Gasteiger partial charge in [0.25, 0.3) is 5.91 Å². The Hall–Kier alpha value is -2.64. The molecule has 0 aliphatic rings. The van der Waals surface area contributed by atoms with Crippen molar-refractivity contribution in [1.82, 2.24) is 24.9 Å². The van der Waals surface area contributed by atoms with Gasteiger partial charge < -0.3 is 10.4 Å². The number of carboxylic acid groups (broad SMARTS) is 1. The van der Waals surface area contributed by atoms with Gasteiger partial charge in [-0.25, -0.2) is 0 Å².